The van der Waals surface area contributed by atoms with Crippen LogP contribution in [0, 0.1) is 17.1 Å². The van der Waals surface area contributed by atoms with Crippen molar-refractivity contribution in [3.05, 3.63) is 63.4 Å². The summed E-state index contributed by atoms with van der Waals surface area (Å²) in [4.78, 5) is 11.1. The van der Waals surface area contributed by atoms with Crippen LogP contribution in [0.2, 0.25) is 0 Å². The first-order chi connectivity index (χ1) is 10.0. The van der Waals surface area contributed by atoms with Gasteiger partial charge in [-0.3, -0.25) is 4.79 Å². The molecular formula is C15H11BrFN3O. The molecule has 0 atom stereocenters. The molecule has 0 spiro atoms. The average molecular weight is 348 g/mol. The Morgan fingerprint density at radius 3 is 2.76 bits per heavy atom. The summed E-state index contributed by atoms with van der Waals surface area (Å²) < 4.78 is 14.5. The summed E-state index contributed by atoms with van der Waals surface area (Å²) in [5.74, 6) is -1.06. The summed E-state index contributed by atoms with van der Waals surface area (Å²) in [6.45, 7) is 0.137. The third kappa shape index (κ3) is 3.58. The highest BCUT2D eigenvalue weighted by Crippen LogP contribution is 2.22. The maximum atomic E-state index is 13.7. The van der Waals surface area contributed by atoms with Crippen LogP contribution in [0.5, 0.6) is 0 Å². The van der Waals surface area contributed by atoms with Crippen LogP contribution in [0.4, 0.5) is 10.1 Å². The van der Waals surface area contributed by atoms with E-state index in [1.807, 2.05) is 0 Å². The number of hydrogen-bond acceptors (Lipinski definition) is 3. The van der Waals surface area contributed by atoms with Crippen molar-refractivity contribution < 1.29 is 9.18 Å². The van der Waals surface area contributed by atoms with Crippen LogP contribution >= 0.6 is 15.9 Å². The number of rotatable bonds is 4. The van der Waals surface area contributed by atoms with Crippen LogP contribution in [-0.2, 0) is 6.54 Å². The van der Waals surface area contributed by atoms with E-state index in [0.29, 0.717) is 16.8 Å². The second-order valence-corrected chi connectivity index (χ2v) is 5.24. The highest BCUT2D eigenvalue weighted by molar-refractivity contribution is 9.10. The molecule has 2 aromatic rings. The van der Waals surface area contributed by atoms with Gasteiger partial charge in [0.05, 0.1) is 11.3 Å². The van der Waals surface area contributed by atoms with Gasteiger partial charge in [0.15, 0.2) is 0 Å². The van der Waals surface area contributed by atoms with Crippen molar-refractivity contribution in [3.63, 3.8) is 0 Å². The molecule has 0 saturated heterocycles. The number of nitriles is 1. The summed E-state index contributed by atoms with van der Waals surface area (Å²) in [5, 5.41) is 12.0. The lowest BCUT2D eigenvalue weighted by Gasteiger charge is -2.10. The second-order valence-electron chi connectivity index (χ2n) is 4.33. The Morgan fingerprint density at radius 2 is 2.10 bits per heavy atom. The summed E-state index contributed by atoms with van der Waals surface area (Å²) in [5.41, 5.74) is 6.74. The maximum absolute atomic E-state index is 13.7. The SMILES string of the molecule is N#Cc1ccc(Br)cc1NCc1cc(C(N)=O)ccc1F. The normalized spacial score (nSPS) is 9.95. The van der Waals surface area contributed by atoms with E-state index in [0.717, 1.165) is 4.47 Å². The number of nitrogens with zero attached hydrogens (tertiary/aromatic N) is 1. The molecule has 0 bridgehead atoms. The molecule has 0 aliphatic rings. The van der Waals surface area contributed by atoms with E-state index >= 15 is 0 Å². The largest absolute Gasteiger partial charge is 0.380 e. The molecule has 0 fully saturated rings. The lowest BCUT2D eigenvalue weighted by Crippen LogP contribution is -2.12. The first-order valence-electron chi connectivity index (χ1n) is 6.03. The number of nitrogens with two attached hydrogens (primary N) is 1. The molecule has 0 aromatic heterocycles. The van der Waals surface area contributed by atoms with Gasteiger partial charge in [-0.15, -0.1) is 0 Å². The molecule has 0 unspecified atom stereocenters. The highest BCUT2D eigenvalue weighted by Gasteiger charge is 2.08. The van der Waals surface area contributed by atoms with Gasteiger partial charge >= 0.3 is 0 Å². The molecule has 1 amide bonds. The van der Waals surface area contributed by atoms with Crippen LogP contribution in [-0.4, -0.2) is 5.91 Å². The predicted octanol–water partition coefficient (Wildman–Crippen LogP) is 3.17. The van der Waals surface area contributed by atoms with Crippen LogP contribution in [0.15, 0.2) is 40.9 Å². The van der Waals surface area contributed by atoms with Gasteiger partial charge in [0.25, 0.3) is 0 Å². The number of anilines is 1. The van der Waals surface area contributed by atoms with Gasteiger partial charge in [0.2, 0.25) is 5.91 Å². The van der Waals surface area contributed by atoms with Crippen LogP contribution < -0.4 is 11.1 Å². The Morgan fingerprint density at radius 1 is 1.33 bits per heavy atom. The van der Waals surface area contributed by atoms with Crippen molar-refractivity contribution in [1.82, 2.24) is 0 Å². The molecule has 21 heavy (non-hydrogen) atoms. The summed E-state index contributed by atoms with van der Waals surface area (Å²) >= 11 is 3.31. The molecule has 6 heteroatoms. The van der Waals surface area contributed by atoms with E-state index in [4.69, 9.17) is 11.0 Å². The third-order valence-electron chi connectivity index (χ3n) is 2.90. The fourth-order valence-electron chi connectivity index (χ4n) is 1.81. The molecule has 106 valence electrons. The van der Waals surface area contributed by atoms with E-state index in [1.54, 1.807) is 18.2 Å². The minimum atomic E-state index is -0.614. The Balaban J connectivity index is 2.24. The predicted molar refractivity (Wildman–Crippen MR) is 81.1 cm³/mol. The molecule has 0 aliphatic carbocycles. The zero-order valence-electron chi connectivity index (χ0n) is 10.9. The zero-order valence-corrected chi connectivity index (χ0v) is 12.4. The summed E-state index contributed by atoms with van der Waals surface area (Å²) in [6, 6.07) is 11.1. The first-order valence-corrected chi connectivity index (χ1v) is 6.82. The van der Waals surface area contributed by atoms with Crippen molar-refractivity contribution in [2.75, 3.05) is 5.32 Å². The van der Waals surface area contributed by atoms with E-state index in [2.05, 4.69) is 27.3 Å². The smallest absolute Gasteiger partial charge is 0.248 e. The average Bonchev–Trinajstić information content (AvgIpc) is 2.46. The zero-order chi connectivity index (χ0) is 15.4. The molecule has 4 nitrogen and oxygen atoms in total. The highest BCUT2D eigenvalue weighted by atomic mass is 79.9. The Bertz CT molecular complexity index is 740. The lowest BCUT2D eigenvalue weighted by atomic mass is 10.1. The van der Waals surface area contributed by atoms with Gasteiger partial charge in [0.1, 0.15) is 11.9 Å². The first kappa shape index (κ1) is 15.0. The van der Waals surface area contributed by atoms with Gasteiger partial charge in [-0.2, -0.15) is 5.26 Å². The molecular weight excluding hydrogens is 337 g/mol. The molecule has 2 aromatic carbocycles. The van der Waals surface area contributed by atoms with E-state index in [-0.39, 0.29) is 12.1 Å². The number of carbonyl (C=O) groups is 1. The van der Waals surface area contributed by atoms with Crippen molar-refractivity contribution >= 4 is 27.5 Å². The fourth-order valence-corrected chi connectivity index (χ4v) is 2.18. The number of primary amides is 1. The third-order valence-corrected chi connectivity index (χ3v) is 3.39. The second kappa shape index (κ2) is 6.37. The van der Waals surface area contributed by atoms with Gasteiger partial charge in [-0.25, -0.2) is 4.39 Å². The van der Waals surface area contributed by atoms with Crippen molar-refractivity contribution in [2.45, 2.75) is 6.54 Å². The minimum Gasteiger partial charge on any atom is -0.380 e. The van der Waals surface area contributed by atoms with Crippen molar-refractivity contribution in [3.8, 4) is 6.07 Å². The summed E-state index contributed by atoms with van der Waals surface area (Å²) in [6.07, 6.45) is 0. The molecule has 0 saturated carbocycles. The van der Waals surface area contributed by atoms with Gasteiger partial charge < -0.3 is 11.1 Å². The fraction of sp³-hybridized carbons (Fsp3) is 0.0667. The monoisotopic (exact) mass is 347 g/mol. The number of halogens is 2. The lowest BCUT2D eigenvalue weighted by molar-refractivity contribution is 0.1000. The van der Waals surface area contributed by atoms with Crippen molar-refractivity contribution in [1.29, 1.82) is 5.26 Å². The van der Waals surface area contributed by atoms with E-state index in [1.165, 1.54) is 18.2 Å². The van der Waals surface area contributed by atoms with Crippen LogP contribution in [0.25, 0.3) is 0 Å². The summed E-state index contributed by atoms with van der Waals surface area (Å²) in [7, 11) is 0. The molecule has 0 radical (unpaired) electrons. The quantitative estimate of drug-likeness (QED) is 0.891. The van der Waals surface area contributed by atoms with E-state index in [9.17, 15) is 9.18 Å². The Hall–Kier alpha value is -2.39. The molecule has 3 N–H and O–H groups in total. The van der Waals surface area contributed by atoms with E-state index < -0.39 is 11.7 Å². The maximum Gasteiger partial charge on any atom is 0.248 e. The molecule has 0 aliphatic heterocycles. The van der Waals surface area contributed by atoms with Crippen LogP contribution in [0.1, 0.15) is 21.5 Å². The minimum absolute atomic E-state index is 0.137. The number of benzene rings is 2. The van der Waals surface area contributed by atoms with Gasteiger partial charge in [-0.05, 0) is 36.4 Å². The Labute approximate surface area is 129 Å². The topological polar surface area (TPSA) is 78.9 Å². The number of hydrogen-bond donors (Lipinski definition) is 2. The molecule has 0 heterocycles. The number of amides is 1. The van der Waals surface area contributed by atoms with Crippen molar-refractivity contribution in [2.24, 2.45) is 5.73 Å². The number of nitrogens with one attached hydrogen (secondary N) is 1. The van der Waals surface area contributed by atoms with Gasteiger partial charge in [-0.1, -0.05) is 15.9 Å². The van der Waals surface area contributed by atoms with Gasteiger partial charge in [0, 0.05) is 22.1 Å². The van der Waals surface area contributed by atoms with Crippen LogP contribution in [0.3, 0.4) is 0 Å². The molecule has 2 rings (SSSR count). The number of carbonyl (C=O) groups excluding carboxylic acids is 1. The Kier molecular flexibility index (Phi) is 4.55. The standard InChI is InChI=1S/C15H11BrFN3O/c16-12-3-1-10(7-18)14(6-12)20-8-11-5-9(15(19)21)2-4-13(11)17/h1-6,20H,8H2,(H2,19,21).